The molecule has 1 aromatic rings. The zero-order chi connectivity index (χ0) is 21.8. The number of hydrogen-bond acceptors (Lipinski definition) is 2. The van der Waals surface area contributed by atoms with Gasteiger partial charge in [-0.3, -0.25) is 0 Å². The zero-order valence-electron chi connectivity index (χ0n) is 19.4. The van der Waals surface area contributed by atoms with Crippen molar-refractivity contribution in [1.29, 1.82) is 0 Å². The van der Waals surface area contributed by atoms with E-state index in [1.807, 2.05) is 12.1 Å². The van der Waals surface area contributed by atoms with Gasteiger partial charge in [-0.25, -0.2) is 4.39 Å². The quantitative estimate of drug-likeness (QED) is 0.605. The lowest BCUT2D eigenvalue weighted by Gasteiger charge is -2.61. The van der Waals surface area contributed by atoms with E-state index in [1.165, 1.54) is 50.7 Å². The van der Waals surface area contributed by atoms with Crippen molar-refractivity contribution < 1.29 is 14.6 Å². The van der Waals surface area contributed by atoms with Gasteiger partial charge in [-0.05, 0) is 129 Å². The number of aliphatic hydroxyl groups is 2. The van der Waals surface area contributed by atoms with Gasteiger partial charge in [-0.1, -0.05) is 26.0 Å². The molecule has 4 aliphatic carbocycles. The molecule has 31 heavy (non-hydrogen) atoms. The smallest absolute Gasteiger partial charge is 0.123 e. The minimum atomic E-state index is -0.256. The molecule has 3 heteroatoms. The monoisotopic (exact) mass is 428 g/mol. The standard InChI is InChI=1S/C28H41FO2/c1-27-15-13-21(30)17-19(27)6-9-22-23-10-11-25(28(23,2)16-14-24(22)27)26(31)12-5-18-3-7-20(29)8-4-18/h3-4,7-8,19,21-26,30-31H,5-6,9-17H2,1-2H3/t19?,21?,22-,23?,24?,25?,26?,27?,28?/m0/s1. The molecule has 0 radical (unpaired) electrons. The SMILES string of the molecule is CC12CCC(O)CC1CC[C@@H]1C2CCC2(C)C(C(O)CCc3ccc(F)cc3)CCC12. The largest absolute Gasteiger partial charge is 0.393 e. The van der Waals surface area contributed by atoms with E-state index in [0.717, 1.165) is 55.4 Å². The fraction of sp³-hybridized carbons (Fsp3) is 0.786. The lowest BCUT2D eigenvalue weighted by molar-refractivity contribution is -0.133. The number of hydrogen-bond donors (Lipinski definition) is 2. The van der Waals surface area contributed by atoms with Crippen molar-refractivity contribution in [3.8, 4) is 0 Å². The number of fused-ring (bicyclic) bond motifs is 5. The third kappa shape index (κ3) is 3.68. The summed E-state index contributed by atoms with van der Waals surface area (Å²) in [6.07, 6.45) is 12.1. The maximum absolute atomic E-state index is 13.2. The summed E-state index contributed by atoms with van der Waals surface area (Å²) >= 11 is 0. The normalized spacial score (nSPS) is 45.5. The maximum Gasteiger partial charge on any atom is 0.123 e. The molecule has 9 atom stereocenters. The molecule has 0 aliphatic heterocycles. The van der Waals surface area contributed by atoms with Gasteiger partial charge in [-0.15, -0.1) is 0 Å². The van der Waals surface area contributed by atoms with Crippen LogP contribution in [0.2, 0.25) is 0 Å². The molecule has 5 rings (SSSR count). The second-order valence-corrected chi connectivity index (χ2v) is 12.0. The summed E-state index contributed by atoms with van der Waals surface area (Å²) in [5, 5.41) is 21.5. The van der Waals surface area contributed by atoms with Crippen LogP contribution >= 0.6 is 0 Å². The van der Waals surface area contributed by atoms with Crippen molar-refractivity contribution in [2.75, 3.05) is 0 Å². The van der Waals surface area contributed by atoms with E-state index >= 15 is 0 Å². The summed E-state index contributed by atoms with van der Waals surface area (Å²) < 4.78 is 13.2. The Morgan fingerprint density at radius 1 is 0.935 bits per heavy atom. The van der Waals surface area contributed by atoms with Gasteiger partial charge in [0.05, 0.1) is 12.2 Å². The summed E-state index contributed by atoms with van der Waals surface area (Å²) in [6, 6.07) is 6.76. The fourth-order valence-electron chi connectivity index (χ4n) is 9.07. The van der Waals surface area contributed by atoms with Gasteiger partial charge in [0.2, 0.25) is 0 Å². The van der Waals surface area contributed by atoms with Crippen LogP contribution in [0.1, 0.15) is 83.6 Å². The number of benzene rings is 1. The van der Waals surface area contributed by atoms with Gasteiger partial charge in [-0.2, -0.15) is 0 Å². The number of rotatable bonds is 4. The molecule has 0 amide bonds. The van der Waals surface area contributed by atoms with Crippen molar-refractivity contribution in [2.45, 2.75) is 96.7 Å². The molecular formula is C28H41FO2. The average Bonchev–Trinajstić information content (AvgIpc) is 3.11. The molecular weight excluding hydrogens is 387 g/mol. The number of aliphatic hydroxyl groups excluding tert-OH is 2. The van der Waals surface area contributed by atoms with E-state index in [4.69, 9.17) is 0 Å². The van der Waals surface area contributed by atoms with E-state index in [9.17, 15) is 14.6 Å². The van der Waals surface area contributed by atoms with Crippen LogP contribution in [-0.4, -0.2) is 22.4 Å². The molecule has 4 fully saturated rings. The van der Waals surface area contributed by atoms with Gasteiger partial charge < -0.3 is 10.2 Å². The van der Waals surface area contributed by atoms with Crippen molar-refractivity contribution in [3.63, 3.8) is 0 Å². The molecule has 0 saturated heterocycles. The zero-order valence-corrected chi connectivity index (χ0v) is 19.4. The summed E-state index contributed by atoms with van der Waals surface area (Å²) in [5.74, 6) is 3.29. The topological polar surface area (TPSA) is 40.5 Å². The second-order valence-electron chi connectivity index (χ2n) is 12.0. The molecule has 0 bridgehead atoms. The summed E-state index contributed by atoms with van der Waals surface area (Å²) in [5.41, 5.74) is 1.80. The van der Waals surface area contributed by atoms with Gasteiger partial charge in [0.25, 0.3) is 0 Å². The Balaban J connectivity index is 1.28. The maximum atomic E-state index is 13.2. The number of halogens is 1. The Morgan fingerprint density at radius 2 is 1.65 bits per heavy atom. The molecule has 4 saturated carbocycles. The predicted octanol–water partition coefficient (Wildman–Crippen LogP) is 6.14. The van der Waals surface area contributed by atoms with Gasteiger partial charge >= 0.3 is 0 Å². The van der Waals surface area contributed by atoms with Crippen LogP contribution < -0.4 is 0 Å². The van der Waals surface area contributed by atoms with E-state index in [2.05, 4.69) is 13.8 Å². The molecule has 4 aliphatic rings. The molecule has 0 spiro atoms. The highest BCUT2D eigenvalue weighted by Crippen LogP contribution is 2.67. The molecule has 0 aromatic heterocycles. The van der Waals surface area contributed by atoms with Crippen molar-refractivity contribution in [3.05, 3.63) is 35.6 Å². The van der Waals surface area contributed by atoms with Crippen LogP contribution in [0.25, 0.3) is 0 Å². The molecule has 0 heterocycles. The lowest BCUT2D eigenvalue weighted by atomic mass is 9.44. The third-order valence-corrected chi connectivity index (χ3v) is 10.8. The lowest BCUT2D eigenvalue weighted by Crippen LogP contribution is -2.54. The summed E-state index contributed by atoms with van der Waals surface area (Å²) in [6.45, 7) is 5.04. The van der Waals surface area contributed by atoms with Crippen molar-refractivity contribution in [2.24, 2.45) is 40.4 Å². The predicted molar refractivity (Wildman–Crippen MR) is 122 cm³/mol. The van der Waals surface area contributed by atoms with E-state index in [1.54, 1.807) is 0 Å². The molecule has 172 valence electrons. The van der Waals surface area contributed by atoms with Crippen LogP contribution in [0.3, 0.4) is 0 Å². The van der Waals surface area contributed by atoms with Crippen LogP contribution in [0.5, 0.6) is 0 Å². The van der Waals surface area contributed by atoms with Crippen LogP contribution in [-0.2, 0) is 6.42 Å². The Bertz CT molecular complexity index is 778. The van der Waals surface area contributed by atoms with Crippen LogP contribution in [0, 0.1) is 46.2 Å². The van der Waals surface area contributed by atoms with Crippen molar-refractivity contribution in [1.82, 2.24) is 0 Å². The van der Waals surface area contributed by atoms with E-state index in [0.29, 0.717) is 17.3 Å². The summed E-state index contributed by atoms with van der Waals surface area (Å²) in [4.78, 5) is 0. The Hall–Kier alpha value is -0.930. The van der Waals surface area contributed by atoms with Gasteiger partial charge in [0, 0.05) is 0 Å². The first-order valence-electron chi connectivity index (χ1n) is 12.9. The third-order valence-electron chi connectivity index (χ3n) is 10.8. The highest BCUT2D eigenvalue weighted by molar-refractivity contribution is 5.16. The minimum absolute atomic E-state index is 0.0735. The number of aryl methyl sites for hydroxylation is 1. The van der Waals surface area contributed by atoms with Crippen LogP contribution in [0.15, 0.2) is 24.3 Å². The molecule has 1 aromatic carbocycles. The van der Waals surface area contributed by atoms with Gasteiger partial charge in [0.1, 0.15) is 5.82 Å². The first-order chi connectivity index (χ1) is 14.8. The minimum Gasteiger partial charge on any atom is -0.393 e. The van der Waals surface area contributed by atoms with Crippen molar-refractivity contribution >= 4 is 0 Å². The Morgan fingerprint density at radius 3 is 2.42 bits per heavy atom. The Kier molecular flexibility index (Phi) is 5.74. The van der Waals surface area contributed by atoms with E-state index in [-0.39, 0.29) is 23.4 Å². The highest BCUT2D eigenvalue weighted by atomic mass is 19.1. The molecule has 2 nitrogen and oxygen atoms in total. The first-order valence-corrected chi connectivity index (χ1v) is 12.9. The first kappa shape index (κ1) is 21.9. The van der Waals surface area contributed by atoms with Gasteiger partial charge in [0.15, 0.2) is 0 Å². The van der Waals surface area contributed by atoms with E-state index < -0.39 is 0 Å². The highest BCUT2D eigenvalue weighted by Gasteiger charge is 2.60. The van der Waals surface area contributed by atoms with Crippen LogP contribution in [0.4, 0.5) is 4.39 Å². The summed E-state index contributed by atoms with van der Waals surface area (Å²) in [7, 11) is 0. The molecule has 2 N–H and O–H groups in total. The Labute approximate surface area is 187 Å². The fourth-order valence-corrected chi connectivity index (χ4v) is 9.07. The average molecular weight is 429 g/mol. The second kappa shape index (κ2) is 8.13. The molecule has 8 unspecified atom stereocenters.